The molecule has 0 aliphatic carbocycles. The zero-order valence-corrected chi connectivity index (χ0v) is 40.7. The van der Waals surface area contributed by atoms with Crippen LogP contribution in [0.3, 0.4) is 0 Å². The Kier molecular flexibility index (Phi) is 20.0. The molecule has 0 aliphatic heterocycles. The Morgan fingerprint density at radius 3 is 1.46 bits per heavy atom. The molecule has 0 aliphatic rings. The third kappa shape index (κ3) is 12.4. The van der Waals surface area contributed by atoms with E-state index in [1.807, 2.05) is 127 Å². The zero-order chi connectivity index (χ0) is 47.7. The Labute approximate surface area is 408 Å². The molecule has 8 rings (SSSR count). The molecule has 2 unspecified atom stereocenters. The number of aryl methyl sites for hydroxylation is 4. The van der Waals surface area contributed by atoms with Crippen molar-refractivity contribution >= 4 is 49.8 Å². The number of phenols is 1. The van der Waals surface area contributed by atoms with E-state index in [2.05, 4.69) is 64.7 Å². The fourth-order valence-electron chi connectivity index (χ4n) is 7.97. The summed E-state index contributed by atoms with van der Waals surface area (Å²) in [6, 6.07) is 43.1. The lowest BCUT2D eigenvalue weighted by Crippen LogP contribution is -2.21. The summed E-state index contributed by atoms with van der Waals surface area (Å²) in [5.41, 5.74) is 10.7. The molecular weight excluding hydrogens is 921 g/mol. The molecular formula is C57H63BrN2O8. The number of rotatable bonds is 16. The monoisotopic (exact) mass is 982 g/mol. The molecule has 0 bridgehead atoms. The quantitative estimate of drug-likeness (QED) is 0.0736. The van der Waals surface area contributed by atoms with Gasteiger partial charge >= 0.3 is 11.9 Å². The van der Waals surface area contributed by atoms with Crippen LogP contribution in [0, 0.1) is 0 Å². The molecule has 2 heterocycles. The standard InChI is InChI=1S/C28H29NO4.C19H21NO2.C9H9BrO2.CH4/c1-4-12-21-18-23-24(19-14-8-6-9-15-19)29-33-27(23)22(13-5-2)25(21)32-26(28(30)31-3)20-16-10-7-11-17-20;1-3-8-14-12-16-17(13-10-6-5-7-11-13)20-22-19(16)15(9-4-2)18(14)21;1-12-9(11)8(10)7-5-3-2-4-6-7;/h6-11,14-18,26H,4-5,12-13H2,1-3H3;5-7,10-12,21H,3-4,8-9H2,1-2H3;2-6,8H,1H3;1H4. The number of esters is 2. The first-order valence-electron chi connectivity index (χ1n) is 22.9. The van der Waals surface area contributed by atoms with Crippen LogP contribution in [0.2, 0.25) is 0 Å². The van der Waals surface area contributed by atoms with Crippen molar-refractivity contribution in [3.8, 4) is 34.0 Å². The van der Waals surface area contributed by atoms with Gasteiger partial charge in [-0.15, -0.1) is 0 Å². The largest absolute Gasteiger partial charge is 0.507 e. The predicted octanol–water partition coefficient (Wildman–Crippen LogP) is 14.7. The lowest BCUT2D eigenvalue weighted by atomic mass is 9.96. The molecule has 0 radical (unpaired) electrons. The first kappa shape index (κ1) is 52.3. The number of fused-ring (bicyclic) bond motifs is 2. The van der Waals surface area contributed by atoms with Crippen LogP contribution in [0.15, 0.2) is 143 Å². The van der Waals surface area contributed by atoms with Gasteiger partial charge < -0.3 is 28.4 Å². The van der Waals surface area contributed by atoms with E-state index in [0.717, 1.165) is 124 Å². The van der Waals surface area contributed by atoms with Gasteiger partial charge in [0, 0.05) is 27.8 Å². The number of carbonyl (C=O) groups excluding carboxylic acids is 2. The number of aromatic hydroxyl groups is 1. The van der Waals surface area contributed by atoms with Gasteiger partial charge in [-0.2, -0.15) is 0 Å². The number of benzene rings is 6. The molecule has 10 nitrogen and oxygen atoms in total. The molecule has 356 valence electrons. The van der Waals surface area contributed by atoms with E-state index in [4.69, 9.17) is 18.5 Å². The second kappa shape index (κ2) is 26.0. The topological polar surface area (TPSA) is 134 Å². The van der Waals surface area contributed by atoms with Gasteiger partial charge in [0.15, 0.2) is 11.2 Å². The molecule has 8 aromatic rings. The fraction of sp³-hybridized carbons (Fsp3) is 0.298. The highest BCUT2D eigenvalue weighted by molar-refractivity contribution is 9.09. The number of hydrogen-bond donors (Lipinski definition) is 1. The van der Waals surface area contributed by atoms with Crippen LogP contribution in [0.1, 0.15) is 105 Å². The van der Waals surface area contributed by atoms with Crippen molar-refractivity contribution in [1.82, 2.24) is 10.3 Å². The van der Waals surface area contributed by atoms with E-state index in [9.17, 15) is 14.7 Å². The number of nitrogens with zero attached hydrogens (tertiary/aromatic N) is 2. The number of ether oxygens (including phenoxy) is 3. The molecule has 2 atom stereocenters. The lowest BCUT2D eigenvalue weighted by Gasteiger charge is -2.22. The van der Waals surface area contributed by atoms with Crippen LogP contribution in [-0.4, -0.2) is 41.6 Å². The highest BCUT2D eigenvalue weighted by Gasteiger charge is 2.29. The summed E-state index contributed by atoms with van der Waals surface area (Å²) in [5.74, 6) is 0.364. The van der Waals surface area contributed by atoms with Crippen LogP contribution in [-0.2, 0) is 44.7 Å². The van der Waals surface area contributed by atoms with Crippen LogP contribution >= 0.6 is 15.9 Å². The van der Waals surface area contributed by atoms with Crippen molar-refractivity contribution in [2.24, 2.45) is 0 Å². The van der Waals surface area contributed by atoms with Crippen LogP contribution in [0.4, 0.5) is 0 Å². The Hall–Kier alpha value is -6.72. The second-order valence-electron chi connectivity index (χ2n) is 16.0. The van der Waals surface area contributed by atoms with E-state index in [1.165, 1.54) is 14.2 Å². The van der Waals surface area contributed by atoms with Gasteiger partial charge in [0.05, 0.1) is 25.0 Å². The summed E-state index contributed by atoms with van der Waals surface area (Å²) in [6.07, 6.45) is 6.14. The number of alkyl halides is 1. The Balaban J connectivity index is 0.000000212. The molecule has 0 saturated carbocycles. The third-order valence-electron chi connectivity index (χ3n) is 11.2. The molecule has 6 aromatic carbocycles. The number of aromatic nitrogens is 2. The zero-order valence-electron chi connectivity index (χ0n) is 39.1. The van der Waals surface area contributed by atoms with Crippen molar-refractivity contribution in [3.63, 3.8) is 0 Å². The van der Waals surface area contributed by atoms with Gasteiger partial charge in [0.1, 0.15) is 27.7 Å². The van der Waals surface area contributed by atoms with Gasteiger partial charge in [-0.05, 0) is 54.5 Å². The first-order chi connectivity index (χ1) is 32.7. The van der Waals surface area contributed by atoms with Gasteiger partial charge in [0.25, 0.3) is 0 Å². The number of methoxy groups -OCH3 is 2. The minimum Gasteiger partial charge on any atom is -0.507 e. The summed E-state index contributed by atoms with van der Waals surface area (Å²) in [5, 5.41) is 21.2. The minimum absolute atomic E-state index is 0. The van der Waals surface area contributed by atoms with E-state index in [-0.39, 0.29) is 18.2 Å². The molecule has 0 amide bonds. The highest BCUT2D eigenvalue weighted by atomic mass is 79.9. The molecule has 0 fully saturated rings. The number of phenolic OH excluding ortho intramolecular Hbond substituents is 1. The average molecular weight is 984 g/mol. The highest BCUT2D eigenvalue weighted by Crippen LogP contribution is 2.41. The first-order valence-corrected chi connectivity index (χ1v) is 23.8. The lowest BCUT2D eigenvalue weighted by molar-refractivity contribution is -0.149. The molecule has 68 heavy (non-hydrogen) atoms. The summed E-state index contributed by atoms with van der Waals surface area (Å²) >= 11 is 3.24. The predicted molar refractivity (Wildman–Crippen MR) is 275 cm³/mol. The molecule has 0 saturated heterocycles. The minimum atomic E-state index is -0.864. The molecule has 1 N–H and O–H groups in total. The van der Waals surface area contributed by atoms with Crippen LogP contribution < -0.4 is 4.74 Å². The van der Waals surface area contributed by atoms with E-state index >= 15 is 0 Å². The van der Waals surface area contributed by atoms with Crippen molar-refractivity contribution in [2.45, 2.75) is 97.4 Å². The van der Waals surface area contributed by atoms with Crippen molar-refractivity contribution < 1.29 is 38.0 Å². The number of carbonyl (C=O) groups is 2. The van der Waals surface area contributed by atoms with Gasteiger partial charge in [-0.1, -0.05) is 208 Å². The number of hydrogen-bond acceptors (Lipinski definition) is 10. The van der Waals surface area contributed by atoms with Gasteiger partial charge in [-0.3, -0.25) is 4.79 Å². The van der Waals surface area contributed by atoms with Gasteiger partial charge in [0.2, 0.25) is 6.10 Å². The van der Waals surface area contributed by atoms with Crippen LogP contribution in [0.5, 0.6) is 11.5 Å². The third-order valence-corrected chi connectivity index (χ3v) is 12.1. The summed E-state index contributed by atoms with van der Waals surface area (Å²) in [7, 11) is 2.76. The SMILES string of the molecule is C.CCCc1cc2c(-c3ccccc3)noc2c(CCC)c1O.CCCc1cc2c(-c3ccccc3)noc2c(CCC)c1OC(C(=O)OC)c1ccccc1.COC(=O)C(Br)c1ccccc1. The van der Waals surface area contributed by atoms with Crippen molar-refractivity contribution in [2.75, 3.05) is 14.2 Å². The fourth-order valence-corrected chi connectivity index (χ4v) is 8.47. The Bertz CT molecular complexity index is 2810. The summed E-state index contributed by atoms with van der Waals surface area (Å²) in [6.45, 7) is 8.47. The number of halogens is 1. The normalized spacial score (nSPS) is 11.6. The Morgan fingerprint density at radius 2 is 0.985 bits per heavy atom. The average Bonchev–Trinajstić information content (AvgIpc) is 4.00. The summed E-state index contributed by atoms with van der Waals surface area (Å²) < 4.78 is 27.6. The van der Waals surface area contributed by atoms with Gasteiger partial charge in [-0.25, -0.2) is 4.79 Å². The molecule has 2 aromatic heterocycles. The second-order valence-corrected chi connectivity index (χ2v) is 16.9. The van der Waals surface area contributed by atoms with Crippen LogP contribution in [0.25, 0.3) is 44.5 Å². The maximum absolute atomic E-state index is 12.7. The Morgan fingerprint density at radius 1 is 0.574 bits per heavy atom. The van der Waals surface area contributed by atoms with Crippen molar-refractivity contribution in [3.05, 3.63) is 167 Å². The molecule has 11 heteroatoms. The van der Waals surface area contributed by atoms with E-state index in [0.29, 0.717) is 17.1 Å². The maximum Gasteiger partial charge on any atom is 0.351 e. The smallest absolute Gasteiger partial charge is 0.351 e. The van der Waals surface area contributed by atoms with Crippen molar-refractivity contribution in [1.29, 1.82) is 0 Å². The summed E-state index contributed by atoms with van der Waals surface area (Å²) in [4.78, 5) is 23.4. The maximum atomic E-state index is 12.7. The van der Waals surface area contributed by atoms with E-state index < -0.39 is 12.1 Å². The van der Waals surface area contributed by atoms with E-state index in [1.54, 1.807) is 0 Å². The molecule has 0 spiro atoms.